The maximum Gasteiger partial charge on any atom is 0.120 e. The molecule has 2 aromatic carbocycles. The van der Waals surface area contributed by atoms with Crippen LogP contribution in [-0.4, -0.2) is 12.2 Å². The number of methoxy groups -OCH3 is 1. The molecule has 0 aliphatic heterocycles. The van der Waals surface area contributed by atoms with Crippen LogP contribution in [0.1, 0.15) is 30.5 Å². The summed E-state index contributed by atoms with van der Waals surface area (Å²) in [7, 11) is 1.67. The number of aromatic hydroxyl groups is 1. The monoisotopic (exact) mass is 271 g/mol. The molecule has 1 unspecified atom stereocenters. The Morgan fingerprint density at radius 1 is 1.15 bits per heavy atom. The van der Waals surface area contributed by atoms with Gasteiger partial charge in [-0.2, -0.15) is 0 Å². The van der Waals surface area contributed by atoms with Crippen molar-refractivity contribution < 1.29 is 9.84 Å². The van der Waals surface area contributed by atoms with E-state index in [1.165, 1.54) is 5.56 Å². The topological polar surface area (TPSA) is 41.5 Å². The standard InChI is InChI=1S/C17H21NO2/c1-3-16(15-9-4-5-10-17(15)19)18-12-13-7-6-8-14(11-13)20-2/h4-11,16,18-19H,3,12H2,1-2H3. The summed E-state index contributed by atoms with van der Waals surface area (Å²) in [5.74, 6) is 1.21. The van der Waals surface area contributed by atoms with Crippen LogP contribution in [-0.2, 0) is 6.54 Å². The summed E-state index contributed by atoms with van der Waals surface area (Å²) < 4.78 is 5.22. The summed E-state index contributed by atoms with van der Waals surface area (Å²) >= 11 is 0. The van der Waals surface area contributed by atoms with E-state index < -0.39 is 0 Å². The van der Waals surface area contributed by atoms with Crippen molar-refractivity contribution in [2.45, 2.75) is 25.9 Å². The summed E-state index contributed by atoms with van der Waals surface area (Å²) in [5.41, 5.74) is 2.11. The Kier molecular flexibility index (Phi) is 5.02. The maximum atomic E-state index is 9.93. The lowest BCUT2D eigenvalue weighted by Crippen LogP contribution is -2.20. The van der Waals surface area contributed by atoms with Gasteiger partial charge in [0, 0.05) is 18.2 Å². The SMILES string of the molecule is CCC(NCc1cccc(OC)c1)c1ccccc1O. The Morgan fingerprint density at radius 2 is 1.95 bits per heavy atom. The molecule has 2 rings (SSSR count). The van der Waals surface area contributed by atoms with Gasteiger partial charge in [0.15, 0.2) is 0 Å². The highest BCUT2D eigenvalue weighted by Crippen LogP contribution is 2.26. The zero-order valence-electron chi connectivity index (χ0n) is 12.0. The van der Waals surface area contributed by atoms with Gasteiger partial charge in [0.1, 0.15) is 11.5 Å². The first-order chi connectivity index (χ1) is 9.74. The van der Waals surface area contributed by atoms with Gasteiger partial charge in [0.25, 0.3) is 0 Å². The molecule has 0 aromatic heterocycles. The van der Waals surface area contributed by atoms with Crippen LogP contribution in [0.3, 0.4) is 0 Å². The normalized spacial score (nSPS) is 12.1. The summed E-state index contributed by atoms with van der Waals surface area (Å²) in [6, 6.07) is 15.6. The second-order valence-electron chi connectivity index (χ2n) is 4.75. The van der Waals surface area contributed by atoms with Gasteiger partial charge in [0.05, 0.1) is 7.11 Å². The molecule has 0 saturated carbocycles. The quantitative estimate of drug-likeness (QED) is 0.842. The van der Waals surface area contributed by atoms with Gasteiger partial charge in [-0.1, -0.05) is 37.3 Å². The van der Waals surface area contributed by atoms with Crippen LogP contribution >= 0.6 is 0 Å². The number of benzene rings is 2. The van der Waals surface area contributed by atoms with Gasteiger partial charge in [-0.25, -0.2) is 0 Å². The molecule has 0 aliphatic carbocycles. The first kappa shape index (κ1) is 14.4. The third-order valence-corrected chi connectivity index (χ3v) is 3.41. The molecule has 0 amide bonds. The van der Waals surface area contributed by atoms with Gasteiger partial charge in [-0.3, -0.25) is 0 Å². The lowest BCUT2D eigenvalue weighted by molar-refractivity contribution is 0.413. The van der Waals surface area contributed by atoms with Crippen LogP contribution in [0, 0.1) is 0 Å². The predicted octanol–water partition coefficient (Wildman–Crippen LogP) is 3.64. The molecule has 0 radical (unpaired) electrons. The molecule has 0 fully saturated rings. The van der Waals surface area contributed by atoms with Crippen molar-refractivity contribution in [3.05, 3.63) is 59.7 Å². The van der Waals surface area contributed by atoms with Gasteiger partial charge < -0.3 is 15.2 Å². The van der Waals surface area contributed by atoms with E-state index in [0.717, 1.165) is 24.3 Å². The summed E-state index contributed by atoms with van der Waals surface area (Å²) in [5, 5.41) is 13.4. The number of nitrogens with one attached hydrogen (secondary N) is 1. The molecule has 1 atom stereocenters. The summed E-state index contributed by atoms with van der Waals surface area (Å²) in [6.07, 6.45) is 0.918. The molecule has 3 nitrogen and oxygen atoms in total. The minimum atomic E-state index is 0.141. The molecule has 106 valence electrons. The number of hydrogen-bond donors (Lipinski definition) is 2. The molecular formula is C17H21NO2. The molecule has 3 heteroatoms. The minimum Gasteiger partial charge on any atom is -0.508 e. The number of rotatable bonds is 6. The zero-order valence-corrected chi connectivity index (χ0v) is 12.0. The van der Waals surface area contributed by atoms with Crippen molar-refractivity contribution in [2.75, 3.05) is 7.11 Å². The van der Waals surface area contributed by atoms with Crippen molar-refractivity contribution in [3.8, 4) is 11.5 Å². The highest BCUT2D eigenvalue weighted by Gasteiger charge is 2.12. The third kappa shape index (κ3) is 3.52. The fourth-order valence-corrected chi connectivity index (χ4v) is 2.28. The highest BCUT2D eigenvalue weighted by molar-refractivity contribution is 5.35. The van der Waals surface area contributed by atoms with Crippen molar-refractivity contribution in [1.82, 2.24) is 5.32 Å². The number of phenols is 1. The number of phenolic OH excluding ortho intramolecular Hbond substituents is 1. The molecule has 0 bridgehead atoms. The second kappa shape index (κ2) is 6.96. The predicted molar refractivity (Wildman–Crippen MR) is 81.0 cm³/mol. The van der Waals surface area contributed by atoms with Crippen LogP contribution in [0.25, 0.3) is 0 Å². The largest absolute Gasteiger partial charge is 0.508 e. The van der Waals surface area contributed by atoms with Crippen molar-refractivity contribution in [1.29, 1.82) is 0 Å². The Morgan fingerprint density at radius 3 is 2.65 bits per heavy atom. The number of para-hydroxylation sites is 1. The Balaban J connectivity index is 2.06. The summed E-state index contributed by atoms with van der Waals surface area (Å²) in [4.78, 5) is 0. The molecule has 2 N–H and O–H groups in total. The van der Waals surface area contributed by atoms with Gasteiger partial charge in [-0.15, -0.1) is 0 Å². The van der Waals surface area contributed by atoms with Crippen LogP contribution < -0.4 is 10.1 Å². The van der Waals surface area contributed by atoms with Crippen LogP contribution in [0.15, 0.2) is 48.5 Å². The van der Waals surface area contributed by atoms with Gasteiger partial charge in [0.2, 0.25) is 0 Å². The smallest absolute Gasteiger partial charge is 0.120 e. The molecule has 0 aliphatic rings. The number of hydrogen-bond acceptors (Lipinski definition) is 3. The van der Waals surface area contributed by atoms with Crippen LogP contribution in [0.5, 0.6) is 11.5 Å². The van der Waals surface area contributed by atoms with Gasteiger partial charge in [-0.05, 0) is 30.2 Å². The van der Waals surface area contributed by atoms with E-state index in [1.807, 2.05) is 36.4 Å². The Bertz CT molecular complexity index is 554. The van der Waals surface area contributed by atoms with E-state index in [0.29, 0.717) is 5.75 Å². The molecule has 0 heterocycles. The molecule has 0 spiro atoms. The van der Waals surface area contributed by atoms with E-state index in [9.17, 15) is 5.11 Å². The van der Waals surface area contributed by atoms with Crippen molar-refractivity contribution >= 4 is 0 Å². The second-order valence-corrected chi connectivity index (χ2v) is 4.75. The fraction of sp³-hybridized carbons (Fsp3) is 0.294. The zero-order chi connectivity index (χ0) is 14.4. The van der Waals surface area contributed by atoms with E-state index >= 15 is 0 Å². The van der Waals surface area contributed by atoms with Gasteiger partial charge >= 0.3 is 0 Å². The lowest BCUT2D eigenvalue weighted by atomic mass is 10.0. The van der Waals surface area contributed by atoms with E-state index in [4.69, 9.17) is 4.74 Å². The van der Waals surface area contributed by atoms with E-state index in [2.05, 4.69) is 18.3 Å². The average Bonchev–Trinajstić information content (AvgIpc) is 2.49. The minimum absolute atomic E-state index is 0.141. The Labute approximate surface area is 120 Å². The van der Waals surface area contributed by atoms with E-state index in [1.54, 1.807) is 13.2 Å². The van der Waals surface area contributed by atoms with Crippen molar-refractivity contribution in [3.63, 3.8) is 0 Å². The first-order valence-corrected chi connectivity index (χ1v) is 6.88. The first-order valence-electron chi connectivity index (χ1n) is 6.88. The molecule has 20 heavy (non-hydrogen) atoms. The Hall–Kier alpha value is -2.00. The molecule has 2 aromatic rings. The van der Waals surface area contributed by atoms with Crippen LogP contribution in [0.4, 0.5) is 0 Å². The fourth-order valence-electron chi connectivity index (χ4n) is 2.28. The third-order valence-electron chi connectivity index (χ3n) is 3.41. The van der Waals surface area contributed by atoms with E-state index in [-0.39, 0.29) is 6.04 Å². The molecule has 0 saturated heterocycles. The maximum absolute atomic E-state index is 9.93. The molecular weight excluding hydrogens is 250 g/mol. The van der Waals surface area contributed by atoms with Crippen LogP contribution in [0.2, 0.25) is 0 Å². The summed E-state index contributed by atoms with van der Waals surface area (Å²) in [6.45, 7) is 2.85. The highest BCUT2D eigenvalue weighted by atomic mass is 16.5. The van der Waals surface area contributed by atoms with Crippen molar-refractivity contribution in [2.24, 2.45) is 0 Å². The number of ether oxygens (including phenoxy) is 1. The average molecular weight is 271 g/mol. The lowest BCUT2D eigenvalue weighted by Gasteiger charge is -2.18.